The highest BCUT2D eigenvalue weighted by molar-refractivity contribution is 6.71. The number of hydrogen-bond donors (Lipinski definition) is 1. The van der Waals surface area contributed by atoms with Crippen molar-refractivity contribution in [1.82, 2.24) is 5.32 Å². The molecule has 0 heterocycles. The van der Waals surface area contributed by atoms with Gasteiger partial charge in [0.1, 0.15) is 5.60 Å². The molecule has 1 aromatic rings. The van der Waals surface area contributed by atoms with Crippen LogP contribution in [-0.2, 0) is 17.7 Å². The van der Waals surface area contributed by atoms with E-state index in [-0.39, 0.29) is 6.09 Å². The average Bonchev–Trinajstić information content (AvgIpc) is 2.35. The lowest BCUT2D eigenvalue weighted by atomic mass is 10.1. The summed E-state index contributed by atoms with van der Waals surface area (Å²) in [7, 11) is -0.590. The van der Waals surface area contributed by atoms with E-state index in [1.807, 2.05) is 26.8 Å². The van der Waals surface area contributed by atoms with Crippen molar-refractivity contribution in [1.29, 1.82) is 0 Å². The van der Waals surface area contributed by atoms with Gasteiger partial charge in [-0.25, -0.2) is 4.79 Å². The molecule has 0 fully saturated rings. The van der Waals surface area contributed by atoms with E-state index >= 15 is 0 Å². The summed E-state index contributed by atoms with van der Waals surface area (Å²) >= 11 is 0. The number of hydrogen-bond acceptors (Lipinski definition) is 2. The molecule has 1 amide bonds. The number of nitrogens with one attached hydrogen (secondary N) is 1. The zero-order valence-electron chi connectivity index (χ0n) is 13.7. The van der Waals surface area contributed by atoms with Crippen molar-refractivity contribution in [2.24, 2.45) is 0 Å². The number of amides is 1. The van der Waals surface area contributed by atoms with E-state index in [9.17, 15) is 4.79 Å². The van der Waals surface area contributed by atoms with Gasteiger partial charge >= 0.3 is 6.09 Å². The number of benzene rings is 1. The van der Waals surface area contributed by atoms with Crippen molar-refractivity contribution in [2.45, 2.75) is 52.4 Å². The quantitative estimate of drug-likeness (QED) is 0.669. The molecule has 1 rings (SSSR count). The van der Waals surface area contributed by atoms with E-state index in [1.54, 1.807) is 0 Å². The Morgan fingerprint density at radius 2 is 2.05 bits per heavy atom. The van der Waals surface area contributed by atoms with Gasteiger partial charge < -0.3 is 10.1 Å². The molecule has 1 N–H and O–H groups in total. The first-order chi connectivity index (χ1) is 9.73. The van der Waals surface area contributed by atoms with Gasteiger partial charge in [0.05, 0.1) is 8.80 Å². The molecule has 4 heteroatoms. The zero-order chi connectivity index (χ0) is 16.0. The molecule has 1 radical (unpaired) electrons. The van der Waals surface area contributed by atoms with Crippen LogP contribution in [0.25, 0.3) is 0 Å². The third-order valence-corrected chi connectivity index (χ3v) is 4.46. The first kappa shape index (κ1) is 17.5. The fourth-order valence-corrected chi connectivity index (χ4v) is 3.31. The molecule has 0 saturated heterocycles. The Morgan fingerprint density at radius 3 is 2.57 bits per heavy atom. The van der Waals surface area contributed by atoms with Crippen LogP contribution >= 0.6 is 0 Å². The second kappa shape index (κ2) is 7.45. The summed E-state index contributed by atoms with van der Waals surface area (Å²) in [5.41, 5.74) is 1.98. The van der Waals surface area contributed by atoms with Gasteiger partial charge in [-0.05, 0) is 38.3 Å². The largest absolute Gasteiger partial charge is 0.444 e. The van der Waals surface area contributed by atoms with Crippen LogP contribution in [0.3, 0.4) is 0 Å². The van der Waals surface area contributed by atoms with Crippen molar-refractivity contribution in [3.63, 3.8) is 0 Å². The fourth-order valence-electron chi connectivity index (χ4n) is 2.02. The standard InChI is InChI=1S/C17H26NO2Si/c1-7-8-13-9-10-14(15(11-13)21(5)6)12-18-16(19)20-17(2,3)4/h7,9-11H,1,8,12H2,2-6H3,(H,18,19). The van der Waals surface area contributed by atoms with Crippen molar-refractivity contribution in [3.8, 4) is 0 Å². The van der Waals surface area contributed by atoms with Crippen LogP contribution in [0.15, 0.2) is 30.9 Å². The summed E-state index contributed by atoms with van der Waals surface area (Å²) in [6, 6.07) is 6.44. The van der Waals surface area contributed by atoms with Crippen molar-refractivity contribution >= 4 is 20.1 Å². The van der Waals surface area contributed by atoms with Crippen LogP contribution in [0.2, 0.25) is 13.1 Å². The molecule has 21 heavy (non-hydrogen) atoms. The van der Waals surface area contributed by atoms with E-state index in [2.05, 4.69) is 43.2 Å². The molecule has 115 valence electrons. The molecule has 0 spiro atoms. The predicted octanol–water partition coefficient (Wildman–Crippen LogP) is 3.40. The van der Waals surface area contributed by atoms with Gasteiger partial charge in [0.2, 0.25) is 0 Å². The van der Waals surface area contributed by atoms with Crippen molar-refractivity contribution in [2.75, 3.05) is 0 Å². The third kappa shape index (κ3) is 6.17. The van der Waals surface area contributed by atoms with E-state index < -0.39 is 14.4 Å². The highest BCUT2D eigenvalue weighted by atomic mass is 28.3. The van der Waals surface area contributed by atoms with E-state index in [1.165, 1.54) is 16.3 Å². The molecular formula is C17H26NO2Si. The second-order valence-electron chi connectivity index (χ2n) is 6.34. The molecule has 0 aliphatic heterocycles. The maximum Gasteiger partial charge on any atom is 0.407 e. The summed E-state index contributed by atoms with van der Waals surface area (Å²) in [4.78, 5) is 11.7. The Balaban J connectivity index is 2.78. The third-order valence-electron chi connectivity index (χ3n) is 2.92. The molecule has 0 aliphatic carbocycles. The van der Waals surface area contributed by atoms with Crippen LogP contribution in [0.1, 0.15) is 31.9 Å². The van der Waals surface area contributed by atoms with E-state index in [4.69, 9.17) is 4.74 Å². The van der Waals surface area contributed by atoms with Gasteiger partial charge in [-0.1, -0.05) is 42.6 Å². The summed E-state index contributed by atoms with van der Waals surface area (Å²) < 4.78 is 5.27. The number of alkyl carbamates (subject to hydrolysis) is 1. The fraction of sp³-hybridized carbons (Fsp3) is 0.471. The average molecular weight is 304 g/mol. The Bertz CT molecular complexity index is 504. The molecule has 0 aromatic heterocycles. The number of rotatable bonds is 5. The van der Waals surface area contributed by atoms with Crippen molar-refractivity contribution in [3.05, 3.63) is 42.0 Å². The van der Waals surface area contributed by atoms with E-state index in [0.717, 1.165) is 6.42 Å². The lowest BCUT2D eigenvalue weighted by molar-refractivity contribution is 0.0523. The normalized spacial score (nSPS) is 11.3. The molecule has 0 saturated carbocycles. The summed E-state index contributed by atoms with van der Waals surface area (Å²) in [5.74, 6) is 0. The van der Waals surface area contributed by atoms with E-state index in [0.29, 0.717) is 6.54 Å². The van der Waals surface area contributed by atoms with Gasteiger partial charge in [0.15, 0.2) is 0 Å². The second-order valence-corrected chi connectivity index (χ2v) is 8.88. The molecule has 3 nitrogen and oxygen atoms in total. The maximum atomic E-state index is 11.7. The molecule has 0 aliphatic rings. The maximum absolute atomic E-state index is 11.7. The minimum Gasteiger partial charge on any atom is -0.444 e. The van der Waals surface area contributed by atoms with Crippen LogP contribution in [0, 0.1) is 0 Å². The first-order valence-corrected chi connectivity index (χ1v) is 9.73. The number of allylic oxidation sites excluding steroid dienone is 1. The highest BCUT2D eigenvalue weighted by Gasteiger charge is 2.16. The Morgan fingerprint density at radius 1 is 1.38 bits per heavy atom. The molecule has 0 bridgehead atoms. The number of carbonyl (C=O) groups excluding carboxylic acids is 1. The lowest BCUT2D eigenvalue weighted by Gasteiger charge is -2.20. The summed E-state index contributed by atoms with van der Waals surface area (Å²) in [5, 5.41) is 4.19. The topological polar surface area (TPSA) is 38.3 Å². The van der Waals surface area contributed by atoms with Crippen LogP contribution in [0.4, 0.5) is 4.79 Å². The highest BCUT2D eigenvalue weighted by Crippen LogP contribution is 2.08. The van der Waals surface area contributed by atoms with Crippen LogP contribution in [0.5, 0.6) is 0 Å². The molecule has 0 atom stereocenters. The molecule has 0 unspecified atom stereocenters. The molecule has 1 aromatic carbocycles. The molecular weight excluding hydrogens is 278 g/mol. The number of carbonyl (C=O) groups is 1. The van der Waals surface area contributed by atoms with Crippen LogP contribution < -0.4 is 10.5 Å². The van der Waals surface area contributed by atoms with Gasteiger partial charge in [-0.15, -0.1) is 6.58 Å². The van der Waals surface area contributed by atoms with Gasteiger partial charge in [-0.2, -0.15) is 0 Å². The van der Waals surface area contributed by atoms with Crippen LogP contribution in [-0.4, -0.2) is 20.5 Å². The minimum absolute atomic E-state index is 0.371. The lowest BCUT2D eigenvalue weighted by Crippen LogP contribution is -2.35. The summed E-state index contributed by atoms with van der Waals surface area (Å²) in [6.07, 6.45) is 2.42. The monoisotopic (exact) mass is 304 g/mol. The number of ether oxygens (including phenoxy) is 1. The van der Waals surface area contributed by atoms with Gasteiger partial charge in [0.25, 0.3) is 0 Å². The SMILES string of the molecule is C=CCc1ccc(CNC(=O)OC(C)(C)C)c([Si](C)C)c1. The smallest absolute Gasteiger partial charge is 0.407 e. The Kier molecular flexibility index (Phi) is 6.21. The minimum atomic E-state index is -0.590. The van der Waals surface area contributed by atoms with Gasteiger partial charge in [-0.3, -0.25) is 0 Å². The predicted molar refractivity (Wildman–Crippen MR) is 90.5 cm³/mol. The van der Waals surface area contributed by atoms with Gasteiger partial charge in [0, 0.05) is 6.54 Å². The summed E-state index contributed by atoms with van der Waals surface area (Å²) in [6.45, 7) is 14.4. The van der Waals surface area contributed by atoms with Crippen molar-refractivity contribution < 1.29 is 9.53 Å². The Labute approximate surface area is 130 Å². The Hall–Kier alpha value is -1.55. The zero-order valence-corrected chi connectivity index (χ0v) is 14.7. The first-order valence-electron chi connectivity index (χ1n) is 7.23.